The smallest absolute Gasteiger partial charge is 0.244 e. The molecule has 0 aliphatic heterocycles. The largest absolute Gasteiger partial charge is 0.496 e. The second kappa shape index (κ2) is 9.37. The zero-order chi connectivity index (χ0) is 21.8. The number of para-hydroxylation sites is 1. The molecule has 1 N–H and O–H groups in total. The van der Waals surface area contributed by atoms with Crippen LogP contribution in [0.15, 0.2) is 42.5 Å². The van der Waals surface area contributed by atoms with Crippen LogP contribution in [0.4, 0.5) is 5.69 Å². The van der Waals surface area contributed by atoms with E-state index < -0.39 is 22.0 Å². The number of halogens is 1. The van der Waals surface area contributed by atoms with Gasteiger partial charge < -0.3 is 14.8 Å². The summed E-state index contributed by atoms with van der Waals surface area (Å²) in [5, 5.41) is 3.09. The third-order valence-electron chi connectivity index (χ3n) is 4.44. The highest BCUT2D eigenvalue weighted by Crippen LogP contribution is 2.31. The maximum Gasteiger partial charge on any atom is 0.244 e. The van der Waals surface area contributed by atoms with Crippen LogP contribution in [0, 0.1) is 0 Å². The van der Waals surface area contributed by atoms with Crippen molar-refractivity contribution >= 4 is 33.2 Å². The Morgan fingerprint density at radius 3 is 2.24 bits per heavy atom. The van der Waals surface area contributed by atoms with Crippen molar-refractivity contribution in [2.45, 2.75) is 25.9 Å². The van der Waals surface area contributed by atoms with Gasteiger partial charge in [0, 0.05) is 5.56 Å². The molecule has 1 amide bonds. The fourth-order valence-corrected chi connectivity index (χ4v) is 4.46. The third-order valence-corrected chi connectivity index (χ3v) is 5.98. The molecule has 0 saturated heterocycles. The number of carbonyl (C=O) groups is 1. The SMILES string of the molecule is COc1ccc(N(C(C)C(=O)NC(C)c2ccccc2OC)S(C)(=O)=O)cc1Cl. The number of methoxy groups -OCH3 is 2. The Morgan fingerprint density at radius 2 is 1.69 bits per heavy atom. The van der Waals surface area contributed by atoms with E-state index in [9.17, 15) is 13.2 Å². The van der Waals surface area contributed by atoms with Gasteiger partial charge in [0.1, 0.15) is 17.5 Å². The number of hydrogen-bond acceptors (Lipinski definition) is 5. The molecule has 9 heteroatoms. The summed E-state index contributed by atoms with van der Waals surface area (Å²) < 4.78 is 36.4. The summed E-state index contributed by atoms with van der Waals surface area (Å²) in [4.78, 5) is 12.9. The van der Waals surface area contributed by atoms with E-state index in [0.717, 1.165) is 16.1 Å². The summed E-state index contributed by atoms with van der Waals surface area (Å²) in [7, 11) is -0.750. The van der Waals surface area contributed by atoms with Gasteiger partial charge in [-0.1, -0.05) is 29.8 Å². The standard InChI is InChI=1S/C20H25ClN2O5S/c1-13(16-8-6-7-9-18(16)27-3)22-20(24)14(2)23(29(5,25)26)15-10-11-19(28-4)17(21)12-15/h6-14H,1-5H3,(H,22,24). The third kappa shape index (κ3) is 5.33. The lowest BCUT2D eigenvalue weighted by Crippen LogP contribution is -2.48. The molecule has 7 nitrogen and oxygen atoms in total. The van der Waals surface area contributed by atoms with Crippen molar-refractivity contribution < 1.29 is 22.7 Å². The number of nitrogens with zero attached hydrogens (tertiary/aromatic N) is 1. The highest BCUT2D eigenvalue weighted by molar-refractivity contribution is 7.92. The van der Waals surface area contributed by atoms with Crippen molar-refractivity contribution in [2.24, 2.45) is 0 Å². The molecule has 0 aromatic heterocycles. The molecular weight excluding hydrogens is 416 g/mol. The number of sulfonamides is 1. The van der Waals surface area contributed by atoms with E-state index in [4.69, 9.17) is 21.1 Å². The van der Waals surface area contributed by atoms with E-state index in [1.54, 1.807) is 32.2 Å². The first kappa shape index (κ1) is 22.8. The average Bonchev–Trinajstić information content (AvgIpc) is 2.66. The zero-order valence-electron chi connectivity index (χ0n) is 17.0. The molecular formula is C20H25ClN2O5S. The Hall–Kier alpha value is -2.45. The van der Waals surface area contributed by atoms with Gasteiger partial charge in [0.2, 0.25) is 15.9 Å². The zero-order valence-corrected chi connectivity index (χ0v) is 18.5. The predicted octanol–water partition coefficient (Wildman–Crippen LogP) is 3.39. The second-order valence-corrected chi connectivity index (χ2v) is 8.79. The molecule has 2 unspecified atom stereocenters. The van der Waals surface area contributed by atoms with Crippen molar-refractivity contribution in [3.63, 3.8) is 0 Å². The Kier molecular flexibility index (Phi) is 7.37. The summed E-state index contributed by atoms with van der Waals surface area (Å²) in [5.74, 6) is 0.585. The van der Waals surface area contributed by atoms with Crippen LogP contribution in [-0.4, -0.2) is 40.8 Å². The Morgan fingerprint density at radius 1 is 1.07 bits per heavy atom. The van der Waals surface area contributed by atoms with Gasteiger partial charge in [-0.05, 0) is 38.1 Å². The highest BCUT2D eigenvalue weighted by atomic mass is 35.5. The van der Waals surface area contributed by atoms with E-state index in [-0.39, 0.29) is 16.8 Å². The van der Waals surface area contributed by atoms with Crippen molar-refractivity contribution in [3.05, 3.63) is 53.1 Å². The van der Waals surface area contributed by atoms with Gasteiger partial charge in [0.15, 0.2) is 0 Å². The molecule has 2 aromatic rings. The van der Waals surface area contributed by atoms with E-state index >= 15 is 0 Å². The van der Waals surface area contributed by atoms with E-state index in [1.807, 2.05) is 18.2 Å². The van der Waals surface area contributed by atoms with Crippen LogP contribution in [-0.2, 0) is 14.8 Å². The van der Waals surface area contributed by atoms with E-state index in [1.165, 1.54) is 20.1 Å². The number of anilines is 1. The number of hydrogen-bond donors (Lipinski definition) is 1. The molecule has 0 aliphatic carbocycles. The summed E-state index contributed by atoms with van der Waals surface area (Å²) in [6, 6.07) is 10.5. The van der Waals surface area contributed by atoms with Gasteiger partial charge in [0.05, 0.1) is 37.2 Å². The first-order chi connectivity index (χ1) is 13.6. The summed E-state index contributed by atoms with van der Waals surface area (Å²) >= 11 is 6.14. The second-order valence-electron chi connectivity index (χ2n) is 6.53. The average molecular weight is 441 g/mol. The minimum absolute atomic E-state index is 0.244. The van der Waals surface area contributed by atoms with Crippen LogP contribution in [0.25, 0.3) is 0 Å². The fraction of sp³-hybridized carbons (Fsp3) is 0.350. The molecule has 0 bridgehead atoms. The number of ether oxygens (including phenoxy) is 2. The number of carbonyl (C=O) groups excluding carboxylic acids is 1. The molecule has 0 radical (unpaired) electrons. The Bertz CT molecular complexity index is 981. The summed E-state index contributed by atoms with van der Waals surface area (Å²) in [6.07, 6.45) is 1.04. The van der Waals surface area contributed by atoms with Gasteiger partial charge in [-0.3, -0.25) is 9.10 Å². The van der Waals surface area contributed by atoms with Crippen LogP contribution in [0.5, 0.6) is 11.5 Å². The minimum atomic E-state index is -3.76. The monoisotopic (exact) mass is 440 g/mol. The lowest BCUT2D eigenvalue weighted by molar-refractivity contribution is -0.122. The van der Waals surface area contributed by atoms with Crippen LogP contribution in [0.2, 0.25) is 5.02 Å². The van der Waals surface area contributed by atoms with Gasteiger partial charge in [-0.25, -0.2) is 8.42 Å². The molecule has 2 rings (SSSR count). The highest BCUT2D eigenvalue weighted by Gasteiger charge is 2.30. The number of amides is 1. The maximum absolute atomic E-state index is 12.9. The topological polar surface area (TPSA) is 84.9 Å². The maximum atomic E-state index is 12.9. The molecule has 158 valence electrons. The van der Waals surface area contributed by atoms with Crippen LogP contribution < -0.4 is 19.1 Å². The first-order valence-corrected chi connectivity index (χ1v) is 11.1. The minimum Gasteiger partial charge on any atom is -0.496 e. The summed E-state index contributed by atoms with van der Waals surface area (Å²) in [5.41, 5.74) is 1.06. The lowest BCUT2D eigenvalue weighted by Gasteiger charge is -2.29. The molecule has 29 heavy (non-hydrogen) atoms. The van der Waals surface area contributed by atoms with Gasteiger partial charge >= 0.3 is 0 Å². The fourth-order valence-electron chi connectivity index (χ4n) is 3.04. The Labute approximate surface area is 176 Å². The lowest BCUT2D eigenvalue weighted by atomic mass is 10.1. The van der Waals surface area contributed by atoms with Crippen molar-refractivity contribution in [2.75, 3.05) is 24.8 Å². The van der Waals surface area contributed by atoms with Crippen LogP contribution >= 0.6 is 11.6 Å². The van der Waals surface area contributed by atoms with Gasteiger partial charge in [0.25, 0.3) is 0 Å². The van der Waals surface area contributed by atoms with Crippen molar-refractivity contribution in [1.29, 1.82) is 0 Å². The van der Waals surface area contributed by atoms with Gasteiger partial charge in [-0.15, -0.1) is 0 Å². The molecule has 0 fully saturated rings. The molecule has 0 spiro atoms. The molecule has 2 aromatic carbocycles. The van der Waals surface area contributed by atoms with E-state index in [2.05, 4.69) is 5.32 Å². The molecule has 2 atom stereocenters. The number of rotatable bonds is 8. The predicted molar refractivity (Wildman–Crippen MR) is 114 cm³/mol. The van der Waals surface area contributed by atoms with Gasteiger partial charge in [-0.2, -0.15) is 0 Å². The normalized spacial score (nSPS) is 13.3. The van der Waals surface area contributed by atoms with E-state index in [0.29, 0.717) is 11.5 Å². The van der Waals surface area contributed by atoms with Crippen LogP contribution in [0.1, 0.15) is 25.5 Å². The summed E-state index contributed by atoms with van der Waals surface area (Å²) in [6.45, 7) is 3.32. The van der Waals surface area contributed by atoms with Crippen molar-refractivity contribution in [1.82, 2.24) is 5.32 Å². The quantitative estimate of drug-likeness (QED) is 0.680. The molecule has 0 saturated carbocycles. The van der Waals surface area contributed by atoms with Crippen LogP contribution in [0.3, 0.4) is 0 Å². The number of benzene rings is 2. The molecule has 0 heterocycles. The Balaban J connectivity index is 2.31. The number of nitrogens with one attached hydrogen (secondary N) is 1. The van der Waals surface area contributed by atoms with Crippen molar-refractivity contribution in [3.8, 4) is 11.5 Å². The molecule has 0 aliphatic rings. The first-order valence-electron chi connectivity index (χ1n) is 8.86.